The van der Waals surface area contributed by atoms with E-state index in [0.717, 1.165) is 34.3 Å². The van der Waals surface area contributed by atoms with Crippen LogP contribution in [0.4, 0.5) is 14.5 Å². The molecule has 344 valence electrons. The Balaban J connectivity index is 0.887. The third-order valence-corrected chi connectivity index (χ3v) is 15.1. The number of fused-ring (bicyclic) bond motifs is 7. The first-order valence-corrected chi connectivity index (χ1v) is 22.0. The van der Waals surface area contributed by atoms with Gasteiger partial charge in [0.15, 0.2) is 34.9 Å². The molecule has 3 saturated carbocycles. The van der Waals surface area contributed by atoms with Crippen molar-refractivity contribution in [2.45, 2.75) is 108 Å². The number of imide groups is 1. The van der Waals surface area contributed by atoms with Crippen LogP contribution in [0, 0.1) is 28.6 Å². The fraction of sp³-hybridized carbons (Fsp3) is 0.490. The van der Waals surface area contributed by atoms with Crippen molar-refractivity contribution in [2.75, 3.05) is 18.5 Å². The second-order valence-electron chi connectivity index (χ2n) is 18.9. The monoisotopic (exact) mass is 897 g/mol. The third kappa shape index (κ3) is 7.61. The van der Waals surface area contributed by atoms with Gasteiger partial charge in [-0.1, -0.05) is 56.3 Å². The summed E-state index contributed by atoms with van der Waals surface area (Å²) >= 11 is 0. The van der Waals surface area contributed by atoms with E-state index in [1.807, 2.05) is 24.3 Å². The molecule has 4 aliphatic carbocycles. The number of nitrogens with zero attached hydrogens (tertiary/aromatic N) is 1. The molecule has 0 spiro atoms. The number of carbonyl (C=O) groups excluding carboxylic acids is 7. The molecule has 0 aromatic heterocycles. The van der Waals surface area contributed by atoms with Crippen LogP contribution in [0.1, 0.15) is 82.8 Å². The predicted molar refractivity (Wildman–Crippen MR) is 229 cm³/mol. The van der Waals surface area contributed by atoms with E-state index in [1.165, 1.54) is 26.0 Å². The van der Waals surface area contributed by atoms with Crippen LogP contribution in [0.25, 0.3) is 0 Å². The van der Waals surface area contributed by atoms with Crippen molar-refractivity contribution in [1.82, 2.24) is 10.2 Å². The summed E-state index contributed by atoms with van der Waals surface area (Å²) in [7, 11) is 0. The molecule has 2 aromatic rings. The van der Waals surface area contributed by atoms with Crippen molar-refractivity contribution >= 4 is 46.7 Å². The van der Waals surface area contributed by atoms with Crippen LogP contribution in [-0.4, -0.2) is 105 Å². The summed E-state index contributed by atoms with van der Waals surface area (Å²) < 4.78 is 46.8. The van der Waals surface area contributed by atoms with Gasteiger partial charge in [0.05, 0.1) is 18.2 Å². The lowest BCUT2D eigenvalue weighted by atomic mass is 9.44. The fourth-order valence-electron chi connectivity index (χ4n) is 11.6. The average Bonchev–Trinajstić information content (AvgIpc) is 3.89. The van der Waals surface area contributed by atoms with Crippen LogP contribution in [0.3, 0.4) is 0 Å². The molecule has 65 heavy (non-hydrogen) atoms. The van der Waals surface area contributed by atoms with Crippen molar-refractivity contribution in [1.29, 1.82) is 0 Å². The second kappa shape index (κ2) is 17.0. The standard InChI is InChI=1S/C49H53F2N3O11/c1-26(18-37(57)27(2)52-41(60)15-17-54-42(61)12-13-43(54)62)44(63)53-31-7-5-6-29(20-31)19-28-8-10-30(11-9-28)45-64-40-23-33-34-22-36(50)35-21-32(56)14-16-46(35,3)48(34,51)38(58)24-47(33,4)49(40,65-45)39(59)25-55/h5-14,16,20-21,26-27,33-34,36,38,40,45,55,58H,15,17-19,22-25H2,1-4H3,(H,52,60)(H,53,63)/t26-,27+,33+,34+,36+,38+,40-,45-,46+,47+,48+,49-/m1/s1. The number of anilines is 1. The van der Waals surface area contributed by atoms with Crippen molar-refractivity contribution in [3.8, 4) is 0 Å². The lowest BCUT2D eigenvalue weighted by Crippen LogP contribution is -2.70. The number of benzene rings is 2. The number of aliphatic hydroxyl groups is 2. The fourth-order valence-corrected chi connectivity index (χ4v) is 11.6. The molecule has 4 N–H and O–H groups in total. The normalized spacial score (nSPS) is 34.2. The number of amides is 4. The summed E-state index contributed by atoms with van der Waals surface area (Å²) in [6.45, 7) is 5.35. The lowest BCUT2D eigenvalue weighted by molar-refractivity contribution is -0.235. The van der Waals surface area contributed by atoms with Crippen LogP contribution < -0.4 is 10.6 Å². The molecule has 0 bridgehead atoms. The van der Waals surface area contributed by atoms with Crippen molar-refractivity contribution in [2.24, 2.45) is 28.6 Å². The Morgan fingerprint density at radius 2 is 1.66 bits per heavy atom. The second-order valence-corrected chi connectivity index (χ2v) is 18.9. The summed E-state index contributed by atoms with van der Waals surface area (Å²) in [6.07, 6.45) is 0.406. The van der Waals surface area contributed by atoms with E-state index in [-0.39, 0.29) is 50.0 Å². The third-order valence-electron chi connectivity index (χ3n) is 15.1. The highest BCUT2D eigenvalue weighted by molar-refractivity contribution is 6.13. The molecule has 8 rings (SSSR count). The van der Waals surface area contributed by atoms with E-state index in [2.05, 4.69) is 10.6 Å². The molecule has 2 aromatic carbocycles. The number of rotatable bonds is 14. The van der Waals surface area contributed by atoms with Gasteiger partial charge >= 0.3 is 0 Å². The van der Waals surface area contributed by atoms with Gasteiger partial charge in [0.25, 0.3) is 11.8 Å². The number of halogens is 2. The number of ether oxygens (including phenoxy) is 2. The van der Waals surface area contributed by atoms with E-state index in [9.17, 15) is 43.8 Å². The van der Waals surface area contributed by atoms with Gasteiger partial charge in [-0.15, -0.1) is 0 Å². The largest absolute Gasteiger partial charge is 0.390 e. The summed E-state index contributed by atoms with van der Waals surface area (Å²) in [4.78, 5) is 88.9. The molecule has 4 amide bonds. The highest BCUT2D eigenvalue weighted by Crippen LogP contribution is 2.72. The Kier molecular flexibility index (Phi) is 12.0. The van der Waals surface area contributed by atoms with Gasteiger partial charge in [0, 0.05) is 65.5 Å². The van der Waals surface area contributed by atoms with Crippen molar-refractivity contribution in [3.05, 3.63) is 101 Å². The number of hydrogen-bond acceptors (Lipinski definition) is 11. The van der Waals surface area contributed by atoms with Crippen LogP contribution in [0.2, 0.25) is 0 Å². The number of ketones is 3. The van der Waals surface area contributed by atoms with Crippen molar-refractivity contribution < 1.29 is 62.0 Å². The summed E-state index contributed by atoms with van der Waals surface area (Å²) in [5, 5.41) is 27.5. The molecule has 16 heteroatoms. The minimum Gasteiger partial charge on any atom is -0.390 e. The molecule has 2 aliphatic heterocycles. The number of carbonyl (C=O) groups is 7. The predicted octanol–water partition coefficient (Wildman–Crippen LogP) is 4.27. The van der Waals surface area contributed by atoms with Crippen LogP contribution in [0.15, 0.2) is 84.5 Å². The Morgan fingerprint density at radius 1 is 0.954 bits per heavy atom. The number of Topliss-reactive ketones (excluding diaryl/α,β-unsaturated/α-hetero) is 2. The Labute approximate surface area is 374 Å². The van der Waals surface area contributed by atoms with Crippen LogP contribution in [0.5, 0.6) is 0 Å². The first kappa shape index (κ1) is 46.0. The van der Waals surface area contributed by atoms with E-state index in [4.69, 9.17) is 9.47 Å². The maximum absolute atomic E-state index is 17.7. The number of hydrogen-bond donors (Lipinski definition) is 4. The minimum absolute atomic E-state index is 0.000820. The summed E-state index contributed by atoms with van der Waals surface area (Å²) in [5.74, 6) is -5.85. The van der Waals surface area contributed by atoms with Gasteiger partial charge in [-0.05, 0) is 86.4 Å². The molecule has 4 fully saturated rings. The Morgan fingerprint density at radius 3 is 2.35 bits per heavy atom. The first-order chi connectivity index (χ1) is 30.7. The zero-order valence-corrected chi connectivity index (χ0v) is 36.6. The number of aliphatic hydroxyl groups excluding tert-OH is 2. The molecular weight excluding hydrogens is 845 g/mol. The van der Waals surface area contributed by atoms with E-state index in [1.54, 1.807) is 38.1 Å². The molecule has 6 aliphatic rings. The first-order valence-electron chi connectivity index (χ1n) is 22.0. The van der Waals surface area contributed by atoms with Crippen LogP contribution in [-0.2, 0) is 49.5 Å². The van der Waals surface area contributed by atoms with Crippen molar-refractivity contribution in [3.63, 3.8) is 0 Å². The van der Waals surface area contributed by atoms with E-state index < -0.39 is 112 Å². The summed E-state index contributed by atoms with van der Waals surface area (Å²) in [5.41, 5.74) is -4.11. The SMILES string of the molecule is C[C@H](CC(=O)[C@H](C)NC(=O)CCN1C(=O)C=CC1=O)C(=O)Nc1cccc(Cc2ccc([C@@H]3O[C@@H]4C[C@H]5[C@@H]6C[C@H](F)C7=CC(=O)C=C[C@]7(C)[C@@]6(F)[C@@H](O)C[C@]5(C)[C@]4(C(=O)CO)O3)cc2)c1. The Bertz CT molecular complexity index is 2420. The zero-order valence-electron chi connectivity index (χ0n) is 36.6. The van der Waals surface area contributed by atoms with E-state index >= 15 is 8.78 Å². The van der Waals surface area contributed by atoms with Gasteiger partial charge in [0.2, 0.25) is 11.8 Å². The lowest BCUT2D eigenvalue weighted by Gasteiger charge is -2.63. The maximum atomic E-state index is 17.7. The smallest absolute Gasteiger partial charge is 0.253 e. The molecule has 14 nitrogen and oxygen atoms in total. The molecule has 0 radical (unpaired) electrons. The molecule has 2 heterocycles. The highest BCUT2D eigenvalue weighted by atomic mass is 19.1. The highest BCUT2D eigenvalue weighted by Gasteiger charge is 2.80. The number of allylic oxidation sites excluding steroid dienone is 4. The van der Waals surface area contributed by atoms with Gasteiger partial charge in [-0.25, -0.2) is 8.78 Å². The zero-order chi connectivity index (χ0) is 46.8. The molecule has 12 atom stereocenters. The molecule has 0 unspecified atom stereocenters. The molecular formula is C49H53F2N3O11. The van der Waals surface area contributed by atoms with Gasteiger partial charge in [-0.3, -0.25) is 38.5 Å². The van der Waals surface area contributed by atoms with Gasteiger partial charge in [-0.2, -0.15) is 0 Å². The topological polar surface area (TPSA) is 206 Å². The average molecular weight is 898 g/mol. The van der Waals surface area contributed by atoms with Crippen LogP contribution >= 0.6 is 0 Å². The number of alkyl halides is 2. The molecule has 1 saturated heterocycles. The van der Waals surface area contributed by atoms with Gasteiger partial charge < -0.3 is 30.3 Å². The Hall–Kier alpha value is -5.55. The quantitative estimate of drug-likeness (QED) is 0.197. The summed E-state index contributed by atoms with van der Waals surface area (Å²) in [6, 6.07) is 13.6. The van der Waals surface area contributed by atoms with Gasteiger partial charge in [0.1, 0.15) is 12.8 Å². The number of nitrogens with one attached hydrogen (secondary N) is 2. The minimum atomic E-state index is -2.35. The van der Waals surface area contributed by atoms with E-state index in [0.29, 0.717) is 17.7 Å². The maximum Gasteiger partial charge on any atom is 0.253 e.